The Balaban J connectivity index is 4.57. The third-order valence-corrected chi connectivity index (χ3v) is 18.4. The van der Waals surface area contributed by atoms with Gasteiger partial charge in [0.05, 0.1) is 0 Å². The van der Waals surface area contributed by atoms with E-state index in [0.717, 1.165) is 0 Å². The molecule has 0 rings (SSSR count). The van der Waals surface area contributed by atoms with Gasteiger partial charge < -0.3 is 0 Å². The molecule has 0 saturated carbocycles. The summed E-state index contributed by atoms with van der Waals surface area (Å²) in [6.07, 6.45) is 0. The number of rotatable bonds is 2. The molecule has 0 aromatic rings. The van der Waals surface area contributed by atoms with Crippen molar-refractivity contribution in [1.29, 1.82) is 0 Å². The maximum absolute atomic E-state index is 10.6. The summed E-state index contributed by atoms with van der Waals surface area (Å²) >= 11 is 0. The first-order valence-corrected chi connectivity index (χ1v) is 10.8. The molecule has 0 aromatic heterocycles. The SMILES string of the molecule is C[Si](C)(C)[Si](C)(C)[N+](=O)[O-]. The van der Waals surface area contributed by atoms with Crippen molar-refractivity contribution in [3.63, 3.8) is 0 Å². The lowest BCUT2D eigenvalue weighted by Crippen LogP contribution is -2.58. The van der Waals surface area contributed by atoms with E-state index in [1.54, 1.807) is 0 Å². The Morgan fingerprint density at radius 1 is 1.10 bits per heavy atom. The lowest BCUT2D eigenvalue weighted by atomic mass is 11.8. The largest absolute Gasteiger partial charge is 0.395 e. The monoisotopic (exact) mass is 177 g/mol. The first kappa shape index (κ1) is 9.83. The predicted octanol–water partition coefficient (Wildman–Crippen LogP) is 1.88. The first-order chi connectivity index (χ1) is 4.19. The molecule has 0 N–H and O–H groups in total. The van der Waals surface area contributed by atoms with Crippen molar-refractivity contribution in [3.05, 3.63) is 10.1 Å². The molecule has 10 heavy (non-hydrogen) atoms. The minimum absolute atomic E-state index is 0.0285. The van der Waals surface area contributed by atoms with Gasteiger partial charge in [0.2, 0.25) is 0 Å². The van der Waals surface area contributed by atoms with Crippen LogP contribution in [0.25, 0.3) is 0 Å². The molecule has 0 fully saturated rings. The number of hydrogen-bond acceptors (Lipinski definition) is 2. The fourth-order valence-corrected chi connectivity index (χ4v) is 2.46. The molecule has 0 aromatic carbocycles. The van der Waals surface area contributed by atoms with Crippen LogP contribution in [0, 0.1) is 10.1 Å². The van der Waals surface area contributed by atoms with Crippen molar-refractivity contribution in [3.8, 4) is 0 Å². The van der Waals surface area contributed by atoms with Crippen molar-refractivity contribution in [2.45, 2.75) is 32.7 Å². The van der Waals surface area contributed by atoms with Gasteiger partial charge in [-0.25, -0.2) is 0 Å². The van der Waals surface area contributed by atoms with Gasteiger partial charge in [0.15, 0.2) is 0 Å². The predicted molar refractivity (Wildman–Crippen MR) is 47.8 cm³/mol. The van der Waals surface area contributed by atoms with Crippen molar-refractivity contribution in [1.82, 2.24) is 0 Å². The fraction of sp³-hybridized carbons (Fsp3) is 1.00. The Morgan fingerprint density at radius 3 is 1.40 bits per heavy atom. The molecule has 0 aliphatic carbocycles. The molecule has 0 atom stereocenters. The zero-order valence-corrected chi connectivity index (χ0v) is 9.26. The van der Waals surface area contributed by atoms with E-state index >= 15 is 0 Å². The highest BCUT2D eigenvalue weighted by Crippen LogP contribution is 2.18. The highest BCUT2D eigenvalue weighted by Gasteiger charge is 2.51. The van der Waals surface area contributed by atoms with E-state index in [9.17, 15) is 10.1 Å². The van der Waals surface area contributed by atoms with Gasteiger partial charge in [-0.05, 0) is 13.1 Å². The highest BCUT2D eigenvalue weighted by molar-refractivity contribution is 7.37. The molecule has 0 spiro atoms. The van der Waals surface area contributed by atoms with Gasteiger partial charge in [-0.3, -0.25) is 10.1 Å². The van der Waals surface area contributed by atoms with E-state index < -0.39 is 15.3 Å². The summed E-state index contributed by atoms with van der Waals surface area (Å²) < 4.78 is -0.0285. The van der Waals surface area contributed by atoms with Crippen LogP contribution >= 0.6 is 0 Å². The summed E-state index contributed by atoms with van der Waals surface area (Å²) in [6, 6.07) is 0. The average Bonchev–Trinajstić information content (AvgIpc) is 1.62. The molecule has 0 aliphatic heterocycles. The second-order valence-corrected chi connectivity index (χ2v) is 20.2. The molecule has 0 bridgehead atoms. The van der Waals surface area contributed by atoms with Crippen LogP contribution < -0.4 is 0 Å². The Kier molecular flexibility index (Phi) is 2.42. The quantitative estimate of drug-likeness (QED) is 0.367. The Morgan fingerprint density at radius 2 is 1.40 bits per heavy atom. The summed E-state index contributed by atoms with van der Waals surface area (Å²) in [6.45, 7) is 9.91. The molecular formula is C5H15NO2Si2. The van der Waals surface area contributed by atoms with Crippen molar-refractivity contribution in [2.24, 2.45) is 0 Å². The molecule has 0 heterocycles. The summed E-state index contributed by atoms with van der Waals surface area (Å²) in [4.78, 5) is 10.6. The third kappa shape index (κ3) is 1.66. The molecule has 0 radical (unpaired) electrons. The number of nitro groups is 1. The second-order valence-electron chi connectivity index (χ2n) is 4.07. The third-order valence-electron chi connectivity index (χ3n) is 2.29. The fourth-order valence-electron chi connectivity index (χ4n) is 0.274. The molecule has 0 unspecified atom stereocenters. The zero-order valence-electron chi connectivity index (χ0n) is 7.26. The molecule has 0 saturated heterocycles. The standard InChI is InChI=1S/C5H15NO2Si2/c1-9(2,3)10(4,5)6(7)8/h1-5H3. The average molecular weight is 177 g/mol. The van der Waals surface area contributed by atoms with Gasteiger partial charge >= 0.3 is 7.75 Å². The van der Waals surface area contributed by atoms with Gasteiger partial charge in [-0.15, -0.1) is 0 Å². The Hall–Kier alpha value is -0.166. The van der Waals surface area contributed by atoms with Gasteiger partial charge in [0, 0.05) is 0 Å². The van der Waals surface area contributed by atoms with Gasteiger partial charge in [0.25, 0.3) is 0 Å². The maximum Gasteiger partial charge on any atom is 0.395 e. The molecule has 5 heteroatoms. The maximum atomic E-state index is 10.6. The first-order valence-electron chi connectivity index (χ1n) is 3.34. The second kappa shape index (κ2) is 2.46. The van der Waals surface area contributed by atoms with E-state index in [1.165, 1.54) is 0 Å². The molecule has 0 amide bonds. The van der Waals surface area contributed by atoms with E-state index in [-0.39, 0.29) is 4.59 Å². The number of hydrogen-bond donors (Lipinski definition) is 0. The zero-order chi connectivity index (χ0) is 8.58. The van der Waals surface area contributed by atoms with Crippen molar-refractivity contribution in [2.75, 3.05) is 0 Å². The minimum atomic E-state index is -2.12. The van der Waals surface area contributed by atoms with Crippen molar-refractivity contribution >= 4 is 15.3 Å². The van der Waals surface area contributed by atoms with Gasteiger partial charge in [-0.2, -0.15) is 0 Å². The molecule has 60 valence electrons. The Bertz CT molecular complexity index is 150. The van der Waals surface area contributed by atoms with Crippen LogP contribution in [-0.2, 0) is 0 Å². The minimum Gasteiger partial charge on any atom is -0.290 e. The van der Waals surface area contributed by atoms with E-state index in [4.69, 9.17) is 0 Å². The number of nitrogens with zero attached hydrogens (tertiary/aromatic N) is 1. The normalized spacial score (nSPS) is 13.3. The topological polar surface area (TPSA) is 43.1 Å². The van der Waals surface area contributed by atoms with Crippen LogP contribution in [0.2, 0.25) is 32.7 Å². The molecule has 3 nitrogen and oxygen atoms in total. The smallest absolute Gasteiger partial charge is 0.290 e. The molecule has 0 aliphatic rings. The van der Waals surface area contributed by atoms with Crippen LogP contribution in [0.4, 0.5) is 0 Å². The van der Waals surface area contributed by atoms with Crippen LogP contribution in [-0.4, -0.2) is 19.9 Å². The highest BCUT2D eigenvalue weighted by atomic mass is 29.3. The summed E-state index contributed by atoms with van der Waals surface area (Å²) in [7, 11) is -3.63. The van der Waals surface area contributed by atoms with Crippen LogP contribution in [0.3, 0.4) is 0 Å². The van der Waals surface area contributed by atoms with E-state index in [0.29, 0.717) is 0 Å². The van der Waals surface area contributed by atoms with Gasteiger partial charge in [-0.1, -0.05) is 24.2 Å². The lowest BCUT2D eigenvalue weighted by molar-refractivity contribution is -0.335. The van der Waals surface area contributed by atoms with Crippen LogP contribution in [0.1, 0.15) is 0 Å². The Labute approximate surface area is 63.5 Å². The summed E-state index contributed by atoms with van der Waals surface area (Å²) in [5.41, 5.74) is 0. The van der Waals surface area contributed by atoms with E-state index in [1.807, 2.05) is 13.1 Å². The summed E-state index contributed by atoms with van der Waals surface area (Å²) in [5, 5.41) is 10.6. The van der Waals surface area contributed by atoms with Crippen LogP contribution in [0.15, 0.2) is 0 Å². The lowest BCUT2D eigenvalue weighted by Gasteiger charge is -2.23. The van der Waals surface area contributed by atoms with Crippen LogP contribution in [0.5, 0.6) is 0 Å². The summed E-state index contributed by atoms with van der Waals surface area (Å²) in [5.74, 6) is 0. The van der Waals surface area contributed by atoms with E-state index in [2.05, 4.69) is 19.6 Å². The molecular weight excluding hydrogens is 162 g/mol. The van der Waals surface area contributed by atoms with Gasteiger partial charge in [0.1, 0.15) is 7.59 Å². The van der Waals surface area contributed by atoms with Crippen molar-refractivity contribution < 1.29 is 4.59 Å².